The first-order valence-electron chi connectivity index (χ1n) is 6.57. The highest BCUT2D eigenvalue weighted by Gasteiger charge is 2.45. The zero-order valence-electron chi connectivity index (χ0n) is 11.8. The van der Waals surface area contributed by atoms with Crippen LogP contribution in [-0.4, -0.2) is 26.4 Å². The van der Waals surface area contributed by atoms with Gasteiger partial charge < -0.3 is 11.1 Å². The number of anilines is 1. The smallest absolute Gasteiger partial charge is 0.244 e. The third kappa shape index (κ3) is 4.41. The van der Waals surface area contributed by atoms with E-state index in [-0.39, 0.29) is 23.2 Å². The van der Waals surface area contributed by atoms with E-state index in [0.29, 0.717) is 25.1 Å². The fraction of sp³-hybridized carbons (Fsp3) is 0.462. The number of sulfonamides is 1. The molecule has 8 heteroatoms. The SMILES string of the molecule is CCCNS(=O)(=O)c1ccc(NC(=O)C2(N)CC2)cc1.Cl. The van der Waals surface area contributed by atoms with E-state index in [4.69, 9.17) is 5.73 Å². The molecular weight excluding hydrogens is 314 g/mol. The van der Waals surface area contributed by atoms with Gasteiger partial charge in [0.1, 0.15) is 0 Å². The van der Waals surface area contributed by atoms with Gasteiger partial charge in [-0.2, -0.15) is 0 Å². The zero-order valence-corrected chi connectivity index (χ0v) is 13.4. The largest absolute Gasteiger partial charge is 0.324 e. The topological polar surface area (TPSA) is 101 Å². The van der Waals surface area contributed by atoms with Crippen molar-refractivity contribution in [1.82, 2.24) is 4.72 Å². The van der Waals surface area contributed by atoms with E-state index in [1.165, 1.54) is 12.1 Å². The minimum atomic E-state index is -3.47. The van der Waals surface area contributed by atoms with Gasteiger partial charge in [-0.15, -0.1) is 12.4 Å². The molecule has 0 saturated heterocycles. The first-order chi connectivity index (χ1) is 9.37. The lowest BCUT2D eigenvalue weighted by atomic mass is 10.2. The molecule has 0 aliphatic heterocycles. The number of hydrogen-bond donors (Lipinski definition) is 3. The van der Waals surface area contributed by atoms with Crippen LogP contribution in [0, 0.1) is 0 Å². The summed E-state index contributed by atoms with van der Waals surface area (Å²) < 4.78 is 26.2. The fourth-order valence-electron chi connectivity index (χ4n) is 1.65. The van der Waals surface area contributed by atoms with Crippen LogP contribution in [0.4, 0.5) is 5.69 Å². The summed E-state index contributed by atoms with van der Waals surface area (Å²) in [6.45, 7) is 2.29. The van der Waals surface area contributed by atoms with Crippen molar-refractivity contribution in [1.29, 1.82) is 0 Å². The zero-order chi connectivity index (χ0) is 14.8. The van der Waals surface area contributed by atoms with Crippen molar-refractivity contribution in [2.45, 2.75) is 36.6 Å². The first kappa shape index (κ1) is 17.9. The average Bonchev–Trinajstić information content (AvgIpc) is 3.16. The van der Waals surface area contributed by atoms with Crippen molar-refractivity contribution in [2.75, 3.05) is 11.9 Å². The molecule has 1 saturated carbocycles. The number of nitrogens with two attached hydrogens (primary N) is 1. The van der Waals surface area contributed by atoms with Crippen LogP contribution in [0.3, 0.4) is 0 Å². The number of halogens is 1. The molecular formula is C13H20ClN3O3S. The van der Waals surface area contributed by atoms with Gasteiger partial charge in [0.25, 0.3) is 0 Å². The molecule has 1 fully saturated rings. The molecule has 1 aromatic rings. The molecule has 0 atom stereocenters. The second-order valence-corrected chi connectivity index (χ2v) is 6.80. The van der Waals surface area contributed by atoms with E-state index in [9.17, 15) is 13.2 Å². The summed E-state index contributed by atoms with van der Waals surface area (Å²) in [5, 5.41) is 2.69. The molecule has 0 radical (unpaired) electrons. The van der Waals surface area contributed by atoms with Crippen LogP contribution in [0.25, 0.3) is 0 Å². The van der Waals surface area contributed by atoms with Crippen LogP contribution in [-0.2, 0) is 14.8 Å². The minimum absolute atomic E-state index is 0. The Morgan fingerprint density at radius 1 is 1.29 bits per heavy atom. The maximum atomic E-state index is 11.9. The van der Waals surface area contributed by atoms with Crippen LogP contribution in [0.2, 0.25) is 0 Å². The van der Waals surface area contributed by atoms with Crippen molar-refractivity contribution in [3.63, 3.8) is 0 Å². The van der Waals surface area contributed by atoms with Crippen molar-refractivity contribution in [3.8, 4) is 0 Å². The molecule has 0 bridgehead atoms. The Morgan fingerprint density at radius 2 is 1.86 bits per heavy atom. The summed E-state index contributed by atoms with van der Waals surface area (Å²) in [6, 6.07) is 6.04. The van der Waals surface area contributed by atoms with Gasteiger partial charge in [-0.1, -0.05) is 6.92 Å². The lowest BCUT2D eigenvalue weighted by Gasteiger charge is -2.11. The highest BCUT2D eigenvalue weighted by Crippen LogP contribution is 2.33. The molecule has 2 rings (SSSR count). The molecule has 4 N–H and O–H groups in total. The van der Waals surface area contributed by atoms with E-state index in [1.807, 2.05) is 6.92 Å². The van der Waals surface area contributed by atoms with Gasteiger partial charge in [-0.25, -0.2) is 13.1 Å². The number of rotatable bonds is 6. The normalized spacial score (nSPS) is 15.9. The van der Waals surface area contributed by atoms with Crippen LogP contribution < -0.4 is 15.8 Å². The van der Waals surface area contributed by atoms with Gasteiger partial charge in [-0.3, -0.25) is 4.79 Å². The van der Waals surface area contributed by atoms with Crippen molar-refractivity contribution >= 4 is 34.0 Å². The molecule has 6 nitrogen and oxygen atoms in total. The lowest BCUT2D eigenvalue weighted by molar-refractivity contribution is -0.118. The van der Waals surface area contributed by atoms with Gasteiger partial charge in [0.15, 0.2) is 0 Å². The van der Waals surface area contributed by atoms with Gasteiger partial charge in [-0.05, 0) is 43.5 Å². The van der Waals surface area contributed by atoms with E-state index >= 15 is 0 Å². The fourth-order valence-corrected chi connectivity index (χ4v) is 2.79. The molecule has 0 unspecified atom stereocenters. The monoisotopic (exact) mass is 333 g/mol. The molecule has 0 spiro atoms. The van der Waals surface area contributed by atoms with Crippen molar-refractivity contribution in [2.24, 2.45) is 5.73 Å². The summed E-state index contributed by atoms with van der Waals surface area (Å²) in [5.41, 5.74) is 5.57. The van der Waals surface area contributed by atoms with Crippen LogP contribution in [0.5, 0.6) is 0 Å². The molecule has 1 amide bonds. The number of carbonyl (C=O) groups is 1. The second-order valence-electron chi connectivity index (χ2n) is 5.03. The third-order valence-electron chi connectivity index (χ3n) is 3.21. The van der Waals surface area contributed by atoms with E-state index in [0.717, 1.165) is 6.42 Å². The van der Waals surface area contributed by atoms with Crippen molar-refractivity contribution in [3.05, 3.63) is 24.3 Å². The maximum Gasteiger partial charge on any atom is 0.244 e. The number of carbonyl (C=O) groups excluding carboxylic acids is 1. The van der Waals surface area contributed by atoms with Crippen LogP contribution in [0.1, 0.15) is 26.2 Å². The highest BCUT2D eigenvalue weighted by molar-refractivity contribution is 7.89. The van der Waals surface area contributed by atoms with E-state index in [2.05, 4.69) is 10.0 Å². The van der Waals surface area contributed by atoms with Gasteiger partial charge >= 0.3 is 0 Å². The van der Waals surface area contributed by atoms with Gasteiger partial charge in [0.05, 0.1) is 10.4 Å². The number of hydrogen-bond acceptors (Lipinski definition) is 4. The maximum absolute atomic E-state index is 11.9. The lowest BCUT2D eigenvalue weighted by Crippen LogP contribution is -2.37. The predicted molar refractivity (Wildman–Crippen MR) is 84.0 cm³/mol. The highest BCUT2D eigenvalue weighted by atomic mass is 35.5. The molecule has 0 heterocycles. The summed E-state index contributed by atoms with van der Waals surface area (Å²) >= 11 is 0. The summed E-state index contributed by atoms with van der Waals surface area (Å²) in [5.74, 6) is -0.225. The number of benzene rings is 1. The summed E-state index contributed by atoms with van der Waals surface area (Å²) in [7, 11) is -3.47. The summed E-state index contributed by atoms with van der Waals surface area (Å²) in [4.78, 5) is 11.9. The second kappa shape index (κ2) is 6.74. The predicted octanol–water partition coefficient (Wildman–Crippen LogP) is 1.23. The molecule has 1 aliphatic rings. The molecule has 21 heavy (non-hydrogen) atoms. The molecule has 1 aromatic carbocycles. The van der Waals surface area contributed by atoms with Crippen LogP contribution in [0.15, 0.2) is 29.2 Å². The quantitative estimate of drug-likeness (QED) is 0.728. The van der Waals surface area contributed by atoms with Gasteiger partial charge in [0, 0.05) is 12.2 Å². The summed E-state index contributed by atoms with van der Waals surface area (Å²) in [6.07, 6.45) is 2.10. The van der Waals surface area contributed by atoms with E-state index < -0.39 is 15.6 Å². The molecule has 0 aromatic heterocycles. The third-order valence-corrected chi connectivity index (χ3v) is 4.68. The van der Waals surface area contributed by atoms with E-state index in [1.54, 1.807) is 12.1 Å². The molecule has 118 valence electrons. The Balaban J connectivity index is 0.00000220. The minimum Gasteiger partial charge on any atom is -0.324 e. The number of amides is 1. The number of nitrogens with one attached hydrogen (secondary N) is 2. The van der Waals surface area contributed by atoms with Crippen molar-refractivity contribution < 1.29 is 13.2 Å². The van der Waals surface area contributed by atoms with Gasteiger partial charge in [0.2, 0.25) is 15.9 Å². The Bertz CT molecular complexity index is 598. The van der Waals surface area contributed by atoms with Crippen LogP contribution >= 0.6 is 12.4 Å². The average molecular weight is 334 g/mol. The Kier molecular flexibility index (Phi) is 5.75. The first-order valence-corrected chi connectivity index (χ1v) is 8.06. The Labute approximate surface area is 130 Å². The Morgan fingerprint density at radius 3 is 2.33 bits per heavy atom. The molecule has 1 aliphatic carbocycles. The standard InChI is InChI=1S/C13H19N3O3S.ClH/c1-2-9-15-20(18,19)11-5-3-10(4-6-11)16-12(17)13(14)7-8-13;/h3-6,15H,2,7-9,14H2,1H3,(H,16,17);1H. The Hall–Kier alpha value is -1.15.